The maximum Gasteiger partial charge on any atom is 0.330 e. The summed E-state index contributed by atoms with van der Waals surface area (Å²) in [6.07, 6.45) is 3.20. The summed E-state index contributed by atoms with van der Waals surface area (Å²) in [6.45, 7) is 5.94. The SMILES string of the molecule is CC(=CC(C)C(CO)(CO)CO)C(=O)O.CCC(CO)(CO)CO.CCC(CO)(CO)CO.CCC(CO)(CO)CO. The van der Waals surface area contributed by atoms with E-state index in [2.05, 4.69) is 0 Å². The number of carbonyl (C=O) groups is 1. The van der Waals surface area contributed by atoms with E-state index in [1.54, 1.807) is 6.92 Å². The lowest BCUT2D eigenvalue weighted by atomic mass is 9.77. The van der Waals surface area contributed by atoms with Crippen molar-refractivity contribution in [2.75, 3.05) is 79.3 Å². The number of hydrogen-bond acceptors (Lipinski definition) is 13. The average molecular weight is 621 g/mol. The molecule has 0 aromatic heterocycles. The second-order valence-corrected chi connectivity index (χ2v) is 10.8. The van der Waals surface area contributed by atoms with Crippen LogP contribution in [-0.4, -0.2) is 152 Å². The highest BCUT2D eigenvalue weighted by molar-refractivity contribution is 5.85. The summed E-state index contributed by atoms with van der Waals surface area (Å²) in [6, 6.07) is 0. The standard InChI is InChI=1S/C10H18O5.3C6H14O3/c1-7(9(14)15)3-8(2)10(4-11,5-12)6-13;3*1-2-6(3-7,4-8)5-9/h3,8,11-13H,4-6H2,1-2H3,(H,14,15);3*7-9H,2-5H2,1H3. The summed E-state index contributed by atoms with van der Waals surface area (Å²) >= 11 is 0. The molecule has 13 N–H and O–H groups in total. The van der Waals surface area contributed by atoms with Gasteiger partial charge in [0.15, 0.2) is 0 Å². The van der Waals surface area contributed by atoms with E-state index < -0.39 is 53.4 Å². The summed E-state index contributed by atoms with van der Waals surface area (Å²) in [5, 5.41) is 114. The van der Waals surface area contributed by atoms with Crippen molar-refractivity contribution in [3.05, 3.63) is 11.6 Å². The van der Waals surface area contributed by atoms with Crippen molar-refractivity contribution in [1.29, 1.82) is 0 Å². The third-order valence-corrected chi connectivity index (χ3v) is 8.02. The normalized spacial score (nSPS) is 13.1. The maximum atomic E-state index is 10.6. The Labute approximate surface area is 249 Å². The summed E-state index contributed by atoms with van der Waals surface area (Å²) in [5.74, 6) is -1.47. The van der Waals surface area contributed by atoms with E-state index in [1.807, 2.05) is 20.8 Å². The molecule has 0 fully saturated rings. The van der Waals surface area contributed by atoms with E-state index in [0.717, 1.165) is 0 Å². The lowest BCUT2D eigenvalue weighted by molar-refractivity contribution is -0.132. The van der Waals surface area contributed by atoms with Crippen LogP contribution in [0.1, 0.15) is 53.9 Å². The fourth-order valence-corrected chi connectivity index (χ4v) is 2.66. The quantitative estimate of drug-likeness (QED) is 0.0718. The molecule has 256 valence electrons. The Balaban J connectivity index is -0.000000237. The van der Waals surface area contributed by atoms with Crippen molar-refractivity contribution < 1.29 is 71.2 Å². The zero-order chi connectivity index (χ0) is 34.0. The Kier molecular flexibility index (Phi) is 29.7. The molecule has 0 amide bonds. The molecule has 0 bridgehead atoms. The van der Waals surface area contributed by atoms with Crippen molar-refractivity contribution in [3.8, 4) is 0 Å². The molecule has 0 saturated carbocycles. The lowest BCUT2D eigenvalue weighted by Gasteiger charge is -2.32. The van der Waals surface area contributed by atoms with Crippen LogP contribution < -0.4 is 0 Å². The number of aliphatic hydroxyl groups is 12. The summed E-state index contributed by atoms with van der Waals surface area (Å²) in [7, 11) is 0. The predicted molar refractivity (Wildman–Crippen MR) is 156 cm³/mol. The second-order valence-electron chi connectivity index (χ2n) is 10.8. The Bertz CT molecular complexity index is 547. The van der Waals surface area contributed by atoms with Gasteiger partial charge in [0, 0.05) is 27.2 Å². The number of aliphatic hydroxyl groups excluding tert-OH is 12. The van der Waals surface area contributed by atoms with E-state index in [9.17, 15) is 4.79 Å². The van der Waals surface area contributed by atoms with Crippen LogP contribution in [-0.2, 0) is 4.79 Å². The van der Waals surface area contributed by atoms with Crippen LogP contribution >= 0.6 is 0 Å². The first kappa shape index (κ1) is 47.7. The molecule has 14 nitrogen and oxygen atoms in total. The van der Waals surface area contributed by atoms with Crippen molar-refractivity contribution >= 4 is 5.97 Å². The first-order chi connectivity index (χ1) is 19.7. The van der Waals surface area contributed by atoms with E-state index in [-0.39, 0.29) is 65.0 Å². The molecule has 14 heteroatoms. The second kappa shape index (κ2) is 26.2. The zero-order valence-corrected chi connectivity index (χ0v) is 26.0. The lowest BCUT2D eigenvalue weighted by Crippen LogP contribution is -2.39. The third-order valence-electron chi connectivity index (χ3n) is 8.02. The van der Waals surface area contributed by atoms with E-state index in [4.69, 9.17) is 66.4 Å². The van der Waals surface area contributed by atoms with Gasteiger partial charge in [0.2, 0.25) is 0 Å². The highest BCUT2D eigenvalue weighted by atomic mass is 16.4. The van der Waals surface area contributed by atoms with Gasteiger partial charge in [-0.15, -0.1) is 0 Å². The van der Waals surface area contributed by atoms with Crippen LogP contribution in [0, 0.1) is 27.6 Å². The van der Waals surface area contributed by atoms with Gasteiger partial charge in [0.05, 0.1) is 79.3 Å². The number of carboxylic acids is 1. The summed E-state index contributed by atoms with van der Waals surface area (Å²) in [4.78, 5) is 10.6. The molecule has 0 aliphatic carbocycles. The van der Waals surface area contributed by atoms with E-state index in [1.165, 1.54) is 13.0 Å². The molecule has 1 atom stereocenters. The molecule has 0 saturated heterocycles. The largest absolute Gasteiger partial charge is 0.478 e. The number of rotatable bonds is 18. The average Bonchev–Trinajstić information content (AvgIpc) is 3.03. The van der Waals surface area contributed by atoms with Gasteiger partial charge in [-0.05, 0) is 32.1 Å². The molecule has 0 spiro atoms. The van der Waals surface area contributed by atoms with E-state index in [0.29, 0.717) is 19.3 Å². The van der Waals surface area contributed by atoms with Crippen LogP contribution in [0.3, 0.4) is 0 Å². The molecular weight excluding hydrogens is 560 g/mol. The highest BCUT2D eigenvalue weighted by Crippen LogP contribution is 2.28. The van der Waals surface area contributed by atoms with Crippen molar-refractivity contribution in [2.24, 2.45) is 27.6 Å². The van der Waals surface area contributed by atoms with Gasteiger partial charge in [-0.25, -0.2) is 4.79 Å². The fourth-order valence-electron chi connectivity index (χ4n) is 2.66. The predicted octanol–water partition coefficient (Wildman–Crippen LogP) is -2.30. The van der Waals surface area contributed by atoms with Crippen LogP contribution in [0.5, 0.6) is 0 Å². The van der Waals surface area contributed by atoms with Gasteiger partial charge in [0.25, 0.3) is 0 Å². The molecule has 1 unspecified atom stereocenters. The Morgan fingerprint density at radius 2 is 0.738 bits per heavy atom. The fraction of sp³-hybridized carbons (Fsp3) is 0.893. The van der Waals surface area contributed by atoms with Crippen LogP contribution in [0.2, 0.25) is 0 Å². The number of allylic oxidation sites excluding steroid dienone is 1. The van der Waals surface area contributed by atoms with Crippen molar-refractivity contribution in [3.63, 3.8) is 0 Å². The smallest absolute Gasteiger partial charge is 0.330 e. The summed E-state index contributed by atoms with van der Waals surface area (Å²) in [5.41, 5.74) is -2.95. The molecular formula is C28H60O14. The van der Waals surface area contributed by atoms with Crippen LogP contribution in [0.25, 0.3) is 0 Å². The number of aliphatic carboxylic acids is 1. The first-order valence-corrected chi connectivity index (χ1v) is 13.9. The maximum absolute atomic E-state index is 10.6. The molecule has 0 aliphatic rings. The third kappa shape index (κ3) is 16.5. The van der Waals surface area contributed by atoms with E-state index >= 15 is 0 Å². The molecule has 0 radical (unpaired) electrons. The van der Waals surface area contributed by atoms with Gasteiger partial charge >= 0.3 is 5.97 Å². The van der Waals surface area contributed by atoms with Crippen LogP contribution in [0.4, 0.5) is 0 Å². The molecule has 0 aromatic rings. The highest BCUT2D eigenvalue weighted by Gasteiger charge is 2.34. The minimum Gasteiger partial charge on any atom is -0.478 e. The zero-order valence-electron chi connectivity index (χ0n) is 26.0. The van der Waals surface area contributed by atoms with Gasteiger partial charge < -0.3 is 66.4 Å². The molecule has 0 aromatic carbocycles. The number of carboxylic acid groups (broad SMARTS) is 1. The first-order valence-electron chi connectivity index (χ1n) is 13.9. The van der Waals surface area contributed by atoms with Gasteiger partial charge in [-0.3, -0.25) is 0 Å². The van der Waals surface area contributed by atoms with Gasteiger partial charge in [-0.1, -0.05) is 33.8 Å². The van der Waals surface area contributed by atoms with Crippen LogP contribution in [0.15, 0.2) is 11.6 Å². The molecule has 42 heavy (non-hydrogen) atoms. The van der Waals surface area contributed by atoms with Crippen molar-refractivity contribution in [1.82, 2.24) is 0 Å². The Morgan fingerprint density at radius 1 is 0.524 bits per heavy atom. The molecule has 0 heterocycles. The molecule has 0 rings (SSSR count). The minimum atomic E-state index is -1.07. The monoisotopic (exact) mass is 620 g/mol. The number of hydrogen-bond donors (Lipinski definition) is 13. The van der Waals surface area contributed by atoms with Crippen molar-refractivity contribution in [2.45, 2.75) is 53.9 Å². The molecule has 0 aliphatic heterocycles. The summed E-state index contributed by atoms with van der Waals surface area (Å²) < 4.78 is 0. The van der Waals surface area contributed by atoms with Gasteiger partial charge in [-0.2, -0.15) is 0 Å². The Morgan fingerprint density at radius 3 is 0.833 bits per heavy atom. The minimum absolute atomic E-state index is 0.127. The topological polar surface area (TPSA) is 280 Å². The Hall–Kier alpha value is -1.27. The van der Waals surface area contributed by atoms with Gasteiger partial charge in [0.1, 0.15) is 0 Å².